The molecular formula is C18H20ClN5O3. The molecule has 2 aromatic carbocycles. The van der Waals surface area contributed by atoms with Crippen molar-refractivity contribution in [2.75, 3.05) is 25.0 Å². The molecule has 1 aromatic heterocycles. The predicted molar refractivity (Wildman–Crippen MR) is 107 cm³/mol. The van der Waals surface area contributed by atoms with Crippen LogP contribution in [0.2, 0.25) is 0 Å². The normalized spacial score (nSPS) is 11.6. The van der Waals surface area contributed by atoms with Crippen LogP contribution in [0.1, 0.15) is 5.56 Å². The maximum absolute atomic E-state index is 11.5. The highest BCUT2D eigenvalue weighted by atomic mass is 35.5. The lowest BCUT2D eigenvalue weighted by atomic mass is 9.98. The Labute approximate surface area is 161 Å². The van der Waals surface area contributed by atoms with Crippen molar-refractivity contribution in [2.24, 2.45) is 0 Å². The Hall–Kier alpha value is -2.68. The summed E-state index contributed by atoms with van der Waals surface area (Å²) in [6.07, 6.45) is 0. The number of rotatable bonds is 6. The highest BCUT2D eigenvalue weighted by Gasteiger charge is 2.29. The standard InChI is InChI=1S/C18H19N5O3.ClH/c1-11-2-3-13-12(10-11)17-16-14(22(21-17)8-6-19-7-9-24)4-5-15(23(25)26)18(16)20-13;/h2-5,10,19-20,24H,6-9H2,1H3;1H. The summed E-state index contributed by atoms with van der Waals surface area (Å²) in [7, 11) is 0. The number of hydrogen-bond donors (Lipinski definition) is 3. The number of nitrogens with zero attached hydrogens (tertiary/aromatic N) is 3. The van der Waals surface area contributed by atoms with E-state index >= 15 is 0 Å². The molecule has 3 N–H and O–H groups in total. The van der Waals surface area contributed by atoms with Crippen molar-refractivity contribution in [1.82, 2.24) is 15.1 Å². The van der Waals surface area contributed by atoms with E-state index in [9.17, 15) is 10.1 Å². The van der Waals surface area contributed by atoms with E-state index in [1.54, 1.807) is 6.07 Å². The van der Waals surface area contributed by atoms with E-state index in [0.717, 1.165) is 33.4 Å². The van der Waals surface area contributed by atoms with E-state index in [0.29, 0.717) is 25.3 Å². The fraction of sp³-hybridized carbons (Fsp3) is 0.278. The average molecular weight is 390 g/mol. The van der Waals surface area contributed by atoms with Crippen LogP contribution in [0.3, 0.4) is 0 Å². The zero-order chi connectivity index (χ0) is 18.3. The van der Waals surface area contributed by atoms with Gasteiger partial charge in [-0.25, -0.2) is 0 Å². The molecule has 1 aliphatic rings. The van der Waals surface area contributed by atoms with E-state index < -0.39 is 0 Å². The molecule has 0 saturated heterocycles. The summed E-state index contributed by atoms with van der Waals surface area (Å²) in [6, 6.07) is 9.21. The predicted octanol–water partition coefficient (Wildman–Crippen LogP) is 2.98. The van der Waals surface area contributed by atoms with Crippen LogP contribution in [0, 0.1) is 17.0 Å². The molecule has 1 aliphatic heterocycles. The maximum atomic E-state index is 11.5. The summed E-state index contributed by atoms with van der Waals surface area (Å²) < 4.78 is 1.86. The van der Waals surface area contributed by atoms with E-state index in [-0.39, 0.29) is 29.6 Å². The number of halogens is 1. The van der Waals surface area contributed by atoms with Crippen LogP contribution in [0.25, 0.3) is 22.2 Å². The van der Waals surface area contributed by atoms with Crippen LogP contribution >= 0.6 is 12.4 Å². The Morgan fingerprint density at radius 2 is 2.11 bits per heavy atom. The number of fused-ring (bicyclic) bond motifs is 2. The average Bonchev–Trinajstić information content (AvgIpc) is 2.99. The van der Waals surface area contributed by atoms with Crippen LogP contribution in [-0.4, -0.2) is 39.5 Å². The van der Waals surface area contributed by atoms with Gasteiger partial charge in [0.25, 0.3) is 5.69 Å². The van der Waals surface area contributed by atoms with E-state index in [1.165, 1.54) is 6.07 Å². The van der Waals surface area contributed by atoms with Crippen molar-refractivity contribution in [1.29, 1.82) is 0 Å². The third kappa shape index (κ3) is 3.23. The smallest absolute Gasteiger partial charge is 0.293 e. The molecule has 9 heteroatoms. The first kappa shape index (κ1) is 19.1. The van der Waals surface area contributed by atoms with Gasteiger partial charge >= 0.3 is 0 Å². The van der Waals surface area contributed by atoms with E-state index in [2.05, 4.69) is 10.6 Å². The fourth-order valence-electron chi connectivity index (χ4n) is 3.38. The van der Waals surface area contributed by atoms with Crippen molar-refractivity contribution in [3.05, 3.63) is 46.0 Å². The topological polar surface area (TPSA) is 105 Å². The zero-order valence-electron chi connectivity index (χ0n) is 14.7. The number of aryl methyl sites for hydroxylation is 1. The fourth-order valence-corrected chi connectivity index (χ4v) is 3.38. The first-order valence-electron chi connectivity index (χ1n) is 8.47. The summed E-state index contributed by atoms with van der Waals surface area (Å²) in [5, 5.41) is 32.3. The lowest BCUT2D eigenvalue weighted by Crippen LogP contribution is -2.23. The first-order chi connectivity index (χ1) is 12.6. The van der Waals surface area contributed by atoms with Gasteiger partial charge in [0.15, 0.2) is 0 Å². The number of nitro benzene ring substituents is 1. The van der Waals surface area contributed by atoms with Crippen LogP contribution in [-0.2, 0) is 6.54 Å². The summed E-state index contributed by atoms with van der Waals surface area (Å²) in [6.45, 7) is 3.87. The molecule has 0 fully saturated rings. The van der Waals surface area contributed by atoms with Crippen molar-refractivity contribution in [3.8, 4) is 11.3 Å². The summed E-state index contributed by atoms with van der Waals surface area (Å²) in [5.74, 6) is 0. The lowest BCUT2D eigenvalue weighted by Gasteiger charge is -2.18. The van der Waals surface area contributed by atoms with Crippen LogP contribution in [0.15, 0.2) is 30.3 Å². The van der Waals surface area contributed by atoms with Gasteiger partial charge in [-0.2, -0.15) is 5.10 Å². The number of aromatic nitrogens is 2. The second kappa shape index (κ2) is 7.51. The zero-order valence-corrected chi connectivity index (χ0v) is 15.5. The van der Waals surface area contributed by atoms with Crippen molar-refractivity contribution in [3.63, 3.8) is 0 Å². The molecule has 4 rings (SSSR count). The largest absolute Gasteiger partial charge is 0.395 e. The molecule has 27 heavy (non-hydrogen) atoms. The number of anilines is 2. The van der Waals surface area contributed by atoms with Crippen LogP contribution < -0.4 is 10.6 Å². The van der Waals surface area contributed by atoms with Gasteiger partial charge in [0.1, 0.15) is 11.4 Å². The number of nitrogens with one attached hydrogen (secondary N) is 2. The van der Waals surface area contributed by atoms with E-state index in [4.69, 9.17) is 10.2 Å². The summed E-state index contributed by atoms with van der Waals surface area (Å²) in [4.78, 5) is 11.1. The van der Waals surface area contributed by atoms with E-state index in [1.807, 2.05) is 29.8 Å². The number of benzene rings is 2. The second-order valence-corrected chi connectivity index (χ2v) is 6.33. The number of aliphatic hydroxyl groups is 1. The highest BCUT2D eigenvalue weighted by Crippen LogP contribution is 2.47. The third-order valence-electron chi connectivity index (χ3n) is 4.57. The van der Waals surface area contributed by atoms with Crippen molar-refractivity contribution < 1.29 is 10.0 Å². The second-order valence-electron chi connectivity index (χ2n) is 6.33. The van der Waals surface area contributed by atoms with Gasteiger partial charge in [0.05, 0.1) is 29.0 Å². The van der Waals surface area contributed by atoms with Gasteiger partial charge < -0.3 is 15.7 Å². The van der Waals surface area contributed by atoms with Crippen molar-refractivity contribution >= 4 is 40.4 Å². The van der Waals surface area contributed by atoms with Gasteiger partial charge in [-0.15, -0.1) is 12.4 Å². The highest BCUT2D eigenvalue weighted by molar-refractivity contribution is 6.12. The molecule has 2 heterocycles. The molecule has 0 aliphatic carbocycles. The van der Waals surface area contributed by atoms with Gasteiger partial charge in [-0.05, 0) is 25.1 Å². The monoisotopic (exact) mass is 389 g/mol. The Kier molecular flexibility index (Phi) is 5.31. The minimum atomic E-state index is -0.370. The SMILES string of the molecule is Cc1ccc2c(c1)-c1nn(CCNCCO)c3ccc([N+](=O)[O-])c(c13)N2.Cl. The summed E-state index contributed by atoms with van der Waals surface area (Å²) >= 11 is 0. The third-order valence-corrected chi connectivity index (χ3v) is 4.57. The molecule has 142 valence electrons. The molecule has 0 atom stereocenters. The van der Waals surface area contributed by atoms with Crippen LogP contribution in [0.5, 0.6) is 0 Å². The van der Waals surface area contributed by atoms with Gasteiger partial charge in [0.2, 0.25) is 0 Å². The van der Waals surface area contributed by atoms with Gasteiger partial charge in [-0.3, -0.25) is 14.8 Å². The van der Waals surface area contributed by atoms with Gasteiger partial charge in [-0.1, -0.05) is 11.6 Å². The Bertz CT molecular complexity index is 1020. The van der Waals surface area contributed by atoms with Crippen molar-refractivity contribution in [2.45, 2.75) is 13.5 Å². The minimum absolute atomic E-state index is 0. The van der Waals surface area contributed by atoms with Crippen LogP contribution in [0.4, 0.5) is 17.1 Å². The number of hydrogen-bond acceptors (Lipinski definition) is 6. The van der Waals surface area contributed by atoms with Gasteiger partial charge in [0, 0.05) is 30.4 Å². The molecule has 0 saturated carbocycles. The first-order valence-corrected chi connectivity index (χ1v) is 8.47. The molecule has 0 spiro atoms. The maximum Gasteiger partial charge on any atom is 0.293 e. The molecule has 0 radical (unpaired) electrons. The Balaban J connectivity index is 0.00000210. The quantitative estimate of drug-likeness (QED) is 0.266. The Morgan fingerprint density at radius 3 is 2.85 bits per heavy atom. The molecular weight excluding hydrogens is 370 g/mol. The molecule has 0 amide bonds. The Morgan fingerprint density at radius 1 is 1.30 bits per heavy atom. The molecule has 0 bridgehead atoms. The minimum Gasteiger partial charge on any atom is -0.395 e. The molecule has 8 nitrogen and oxygen atoms in total. The lowest BCUT2D eigenvalue weighted by molar-refractivity contribution is -0.383. The molecule has 3 aromatic rings. The number of nitro groups is 1. The molecule has 0 unspecified atom stereocenters. The number of aliphatic hydroxyl groups excluding tert-OH is 1. The summed E-state index contributed by atoms with van der Waals surface area (Å²) in [5.41, 5.74) is 5.03.